The van der Waals surface area contributed by atoms with Crippen molar-refractivity contribution in [1.82, 2.24) is 0 Å². The van der Waals surface area contributed by atoms with Gasteiger partial charge in [-0.15, -0.1) is 0 Å². The van der Waals surface area contributed by atoms with Crippen LogP contribution in [0.4, 0.5) is 0 Å². The van der Waals surface area contributed by atoms with Gasteiger partial charge in [-0.3, -0.25) is 4.79 Å². The Hall–Kier alpha value is -2.11. The molecule has 0 radical (unpaired) electrons. The molecule has 5 heteroatoms. The molecule has 0 spiro atoms. The number of primary amides is 1. The number of aliphatic hydroxyl groups is 1. The molecule has 1 unspecified atom stereocenters. The Balaban J connectivity index is 1.95. The van der Waals surface area contributed by atoms with Gasteiger partial charge in [-0.25, -0.2) is 0 Å². The highest BCUT2D eigenvalue weighted by molar-refractivity contribution is 5.96. The van der Waals surface area contributed by atoms with Crippen molar-refractivity contribution in [3.05, 3.63) is 53.6 Å². The zero-order valence-corrected chi connectivity index (χ0v) is 15.2. The summed E-state index contributed by atoms with van der Waals surface area (Å²) in [6, 6.07) is 3.93. The molecule has 5 atom stereocenters. The van der Waals surface area contributed by atoms with Gasteiger partial charge >= 0.3 is 0 Å². The van der Waals surface area contributed by atoms with Crippen molar-refractivity contribution in [3.63, 3.8) is 0 Å². The van der Waals surface area contributed by atoms with E-state index in [2.05, 4.69) is 19.7 Å². The third-order valence-electron chi connectivity index (χ3n) is 7.04. The highest BCUT2D eigenvalue weighted by Crippen LogP contribution is 2.57. The molecule has 1 aromatic rings. The number of rotatable bonds is 3. The molecule has 1 heterocycles. The van der Waals surface area contributed by atoms with Crippen LogP contribution in [0.15, 0.2) is 36.9 Å². The summed E-state index contributed by atoms with van der Waals surface area (Å²) in [4.78, 5) is 11.8. The van der Waals surface area contributed by atoms with Gasteiger partial charge in [0.2, 0.25) is 0 Å². The molecule has 2 aliphatic carbocycles. The maximum Gasteiger partial charge on any atom is 0.252 e. The summed E-state index contributed by atoms with van der Waals surface area (Å²) in [5.74, 6) is -0.387. The Labute approximate surface area is 154 Å². The van der Waals surface area contributed by atoms with E-state index in [0.29, 0.717) is 12.5 Å². The molecule has 26 heavy (non-hydrogen) atoms. The maximum absolute atomic E-state index is 11.8. The number of hydrogen-bond acceptors (Lipinski definition) is 3. The number of phenols is 1. The number of carbonyl (C=O) groups excluding carboxylic acids is 1. The number of aromatic hydroxyl groups is 1. The Kier molecular flexibility index (Phi) is 3.79. The lowest BCUT2D eigenvalue weighted by molar-refractivity contribution is -0.938. The molecule has 3 aliphatic rings. The lowest BCUT2D eigenvalue weighted by Crippen LogP contribution is -2.68. The van der Waals surface area contributed by atoms with Gasteiger partial charge in [0.05, 0.1) is 31.8 Å². The zero-order chi connectivity index (χ0) is 18.7. The van der Waals surface area contributed by atoms with Crippen LogP contribution >= 0.6 is 0 Å². The van der Waals surface area contributed by atoms with Crippen LogP contribution in [0.1, 0.15) is 34.3 Å². The molecule has 4 rings (SSSR count). The van der Waals surface area contributed by atoms with Crippen molar-refractivity contribution in [2.24, 2.45) is 11.7 Å². The van der Waals surface area contributed by atoms with Crippen molar-refractivity contribution < 1.29 is 19.5 Å². The summed E-state index contributed by atoms with van der Waals surface area (Å²) in [5.41, 5.74) is 7.21. The van der Waals surface area contributed by atoms with Crippen LogP contribution in [-0.4, -0.2) is 52.9 Å². The van der Waals surface area contributed by atoms with Gasteiger partial charge in [-0.05, 0) is 24.1 Å². The zero-order valence-electron chi connectivity index (χ0n) is 15.2. The van der Waals surface area contributed by atoms with Crippen molar-refractivity contribution in [1.29, 1.82) is 0 Å². The fraction of sp³-hybridized carbons (Fsp3) is 0.476. The minimum absolute atomic E-state index is 0.0146. The summed E-state index contributed by atoms with van der Waals surface area (Å²) < 4.78 is 0.911. The second-order valence-electron chi connectivity index (χ2n) is 8.39. The molecule has 1 aromatic carbocycles. The number of fused-ring (bicyclic) bond motifs is 1. The van der Waals surface area contributed by atoms with Gasteiger partial charge in [0.15, 0.2) is 0 Å². The molecule has 0 saturated carbocycles. The van der Waals surface area contributed by atoms with Crippen LogP contribution in [0.25, 0.3) is 0 Å². The number of piperidine rings is 1. The smallest absolute Gasteiger partial charge is 0.252 e. The van der Waals surface area contributed by atoms with Gasteiger partial charge in [-0.2, -0.15) is 0 Å². The number of quaternary nitrogens is 1. The highest BCUT2D eigenvalue weighted by atomic mass is 16.3. The van der Waals surface area contributed by atoms with Crippen molar-refractivity contribution in [2.75, 3.05) is 20.1 Å². The molecule has 1 saturated heterocycles. The first kappa shape index (κ1) is 17.3. The number of nitrogens with zero attached hydrogens (tertiary/aromatic N) is 1. The predicted octanol–water partition coefficient (Wildman–Crippen LogP) is 1.63. The van der Waals surface area contributed by atoms with Gasteiger partial charge in [0.25, 0.3) is 5.91 Å². The van der Waals surface area contributed by atoms with E-state index in [1.54, 1.807) is 6.07 Å². The summed E-state index contributed by atoms with van der Waals surface area (Å²) in [6.45, 7) is 5.79. The third kappa shape index (κ3) is 2.20. The van der Waals surface area contributed by atoms with E-state index >= 15 is 0 Å². The normalized spacial score (nSPS) is 37.5. The molecule has 138 valence electrons. The fourth-order valence-electron chi connectivity index (χ4n) is 5.83. The van der Waals surface area contributed by atoms with E-state index in [-0.39, 0.29) is 22.6 Å². The number of amides is 1. The number of nitrogens with two attached hydrogens (primary N) is 1. The van der Waals surface area contributed by atoms with Crippen LogP contribution < -0.4 is 5.73 Å². The highest BCUT2D eigenvalue weighted by Gasteiger charge is 2.60. The number of likely N-dealkylation sites (tertiary alicyclic amines) is 1. The molecular weight excluding hydrogens is 328 g/mol. The minimum atomic E-state index is -0.615. The molecular formula is C21H27N2O3+. The average Bonchev–Trinajstić information content (AvgIpc) is 2.58. The third-order valence-corrected chi connectivity index (χ3v) is 7.04. The van der Waals surface area contributed by atoms with Crippen molar-refractivity contribution in [3.8, 4) is 5.75 Å². The van der Waals surface area contributed by atoms with Crippen LogP contribution in [0.5, 0.6) is 5.75 Å². The van der Waals surface area contributed by atoms with Gasteiger partial charge in [0.1, 0.15) is 11.8 Å². The number of likely N-dealkylation sites (N-methyl/N-ethyl adjacent to an activating group) is 1. The van der Waals surface area contributed by atoms with Crippen LogP contribution in [0.2, 0.25) is 0 Å². The molecule has 1 aliphatic heterocycles. The average molecular weight is 355 g/mol. The van der Waals surface area contributed by atoms with E-state index in [9.17, 15) is 15.0 Å². The monoisotopic (exact) mass is 355 g/mol. The summed E-state index contributed by atoms with van der Waals surface area (Å²) in [6.07, 6.45) is 7.72. The van der Waals surface area contributed by atoms with Crippen LogP contribution in [0, 0.1) is 5.92 Å². The number of benzene rings is 1. The Morgan fingerprint density at radius 3 is 2.92 bits per heavy atom. The predicted molar refractivity (Wildman–Crippen MR) is 99.8 cm³/mol. The quantitative estimate of drug-likeness (QED) is 0.569. The summed E-state index contributed by atoms with van der Waals surface area (Å²) in [5, 5.41) is 21.3. The molecule has 4 N–H and O–H groups in total. The number of carbonyl (C=O) groups is 1. The molecule has 2 bridgehead atoms. The summed E-state index contributed by atoms with van der Waals surface area (Å²) in [7, 11) is 2.28. The topological polar surface area (TPSA) is 83.5 Å². The minimum Gasteiger partial charge on any atom is -0.507 e. The fourth-order valence-corrected chi connectivity index (χ4v) is 5.83. The number of aliphatic hydroxyl groups excluding tert-OH is 1. The van der Waals surface area contributed by atoms with Crippen LogP contribution in [0.3, 0.4) is 0 Å². The van der Waals surface area contributed by atoms with E-state index in [4.69, 9.17) is 5.73 Å². The SMILES string of the molecule is C=CC[N+]1(C)CC[C@]23C[C@@H](O)C=C[C@H]2[C@H]1Cc1ccc(C(N)=O)c(O)c13. The van der Waals surface area contributed by atoms with E-state index in [0.717, 1.165) is 41.5 Å². The Morgan fingerprint density at radius 2 is 2.23 bits per heavy atom. The second-order valence-corrected chi connectivity index (χ2v) is 8.39. The molecule has 5 nitrogen and oxygen atoms in total. The Bertz CT molecular complexity index is 818. The summed E-state index contributed by atoms with van der Waals surface area (Å²) >= 11 is 0. The van der Waals surface area contributed by atoms with E-state index in [1.165, 1.54) is 0 Å². The first-order valence-corrected chi connectivity index (χ1v) is 9.29. The van der Waals surface area contributed by atoms with Crippen molar-refractivity contribution >= 4 is 5.91 Å². The Morgan fingerprint density at radius 1 is 1.46 bits per heavy atom. The maximum atomic E-state index is 11.8. The van der Waals surface area contributed by atoms with Gasteiger partial charge in [-0.1, -0.05) is 24.8 Å². The van der Waals surface area contributed by atoms with Gasteiger partial charge in [0, 0.05) is 29.7 Å². The standard InChI is InChI=1S/C21H26N2O3/c1-3-9-23(2)10-8-21-12-14(24)5-7-16(21)17(23)11-13-4-6-15(20(22)26)19(25)18(13)21/h3-7,14,16-17,24H,1,8-12H2,2H3,(H2-,22,25,26)/p+1/t14-,16-,17+,21-,23?/m0/s1. The largest absolute Gasteiger partial charge is 0.507 e. The first-order chi connectivity index (χ1) is 12.3. The lowest BCUT2D eigenvalue weighted by atomic mass is 9.52. The van der Waals surface area contributed by atoms with Crippen molar-refractivity contribution in [2.45, 2.75) is 36.8 Å². The second kappa shape index (κ2) is 5.69. The first-order valence-electron chi connectivity index (χ1n) is 9.29. The number of hydrogen-bond donors (Lipinski definition) is 3. The van der Waals surface area contributed by atoms with E-state index < -0.39 is 12.0 Å². The molecule has 0 aromatic heterocycles. The van der Waals surface area contributed by atoms with E-state index in [1.807, 2.05) is 18.2 Å². The molecule has 1 fully saturated rings. The van der Waals surface area contributed by atoms with Crippen LogP contribution in [-0.2, 0) is 11.8 Å². The molecule has 1 amide bonds. The van der Waals surface area contributed by atoms with Gasteiger partial charge < -0.3 is 20.4 Å². The lowest BCUT2D eigenvalue weighted by Gasteiger charge is -2.60.